The van der Waals surface area contributed by atoms with Gasteiger partial charge in [0, 0.05) is 60.6 Å². The molecule has 3 atom stereocenters. The number of fused-ring (bicyclic) bond motifs is 1. The molecule has 2 aromatic carbocycles. The number of benzene rings is 2. The molecule has 3 heterocycles. The summed E-state index contributed by atoms with van der Waals surface area (Å²) in [5.41, 5.74) is 5.64. The lowest BCUT2D eigenvalue weighted by molar-refractivity contribution is -0.140. The average Bonchev–Trinajstić information content (AvgIpc) is 3.46. The van der Waals surface area contributed by atoms with Crippen molar-refractivity contribution in [3.63, 3.8) is 0 Å². The number of amidine groups is 1. The lowest BCUT2D eigenvalue weighted by atomic mass is 9.91. The summed E-state index contributed by atoms with van der Waals surface area (Å²) < 4.78 is 69.3. The van der Waals surface area contributed by atoms with Gasteiger partial charge in [-0.15, -0.1) is 0 Å². The zero-order valence-electron chi connectivity index (χ0n) is 27.8. The predicted molar refractivity (Wildman–Crippen MR) is 181 cm³/mol. The summed E-state index contributed by atoms with van der Waals surface area (Å²) in [7, 11) is 3.09. The van der Waals surface area contributed by atoms with Gasteiger partial charge in [-0.3, -0.25) is 9.98 Å². The van der Waals surface area contributed by atoms with E-state index in [0.717, 1.165) is 37.3 Å². The molecular formula is C35H43F4N7O3. The molecule has 0 bridgehead atoms. The van der Waals surface area contributed by atoms with Crippen LogP contribution in [0.15, 0.2) is 47.4 Å². The summed E-state index contributed by atoms with van der Waals surface area (Å²) >= 11 is 0. The fourth-order valence-electron chi connectivity index (χ4n) is 6.49. The minimum absolute atomic E-state index is 0.0442. The van der Waals surface area contributed by atoms with Crippen molar-refractivity contribution in [2.24, 2.45) is 5.73 Å². The van der Waals surface area contributed by atoms with Gasteiger partial charge in [-0.25, -0.2) is 9.18 Å². The minimum atomic E-state index is -4.91. The first-order valence-electron chi connectivity index (χ1n) is 16.4. The monoisotopic (exact) mass is 685 g/mol. The number of ether oxygens (including phenoxy) is 2. The minimum Gasteiger partial charge on any atom is -0.496 e. The molecule has 0 saturated carbocycles. The third kappa shape index (κ3) is 8.67. The molecule has 14 heteroatoms. The van der Waals surface area contributed by atoms with Crippen molar-refractivity contribution in [3.05, 3.63) is 75.6 Å². The molecule has 0 aliphatic carbocycles. The predicted octanol–water partition coefficient (Wildman–Crippen LogP) is 6.00. The Balaban J connectivity index is 1.43. The van der Waals surface area contributed by atoms with E-state index in [-0.39, 0.29) is 41.5 Å². The van der Waals surface area contributed by atoms with E-state index >= 15 is 4.39 Å². The Morgan fingerprint density at radius 3 is 2.71 bits per heavy atom. The van der Waals surface area contributed by atoms with Gasteiger partial charge in [0.05, 0.1) is 36.5 Å². The van der Waals surface area contributed by atoms with E-state index in [2.05, 4.69) is 20.6 Å². The highest BCUT2D eigenvalue weighted by Gasteiger charge is 2.36. The van der Waals surface area contributed by atoms with E-state index in [1.807, 2.05) is 6.07 Å². The number of hydrogen-bond donors (Lipinski definition) is 5. The summed E-state index contributed by atoms with van der Waals surface area (Å²) in [6, 6.07) is 9.24. The van der Waals surface area contributed by atoms with Crippen LogP contribution in [-0.4, -0.2) is 59.8 Å². The molecule has 0 amide bonds. The van der Waals surface area contributed by atoms with Crippen LogP contribution in [0.3, 0.4) is 0 Å². The second-order valence-corrected chi connectivity index (χ2v) is 12.6. The maximum Gasteiger partial charge on any atom is 0.419 e. The average molecular weight is 686 g/mol. The fraction of sp³-hybridized carbons (Fsp3) is 0.457. The summed E-state index contributed by atoms with van der Waals surface area (Å²) in [5.74, 6) is -0.381. The summed E-state index contributed by atoms with van der Waals surface area (Å²) in [6.07, 6.45) is 1.74. The number of halogens is 4. The number of hydrogen-bond acceptors (Lipinski definition) is 7. The normalized spacial score (nSPS) is 17.3. The first-order valence-corrected chi connectivity index (χ1v) is 16.4. The van der Waals surface area contributed by atoms with Crippen LogP contribution in [-0.2, 0) is 17.3 Å². The number of alkyl halides is 3. The van der Waals surface area contributed by atoms with E-state index in [9.17, 15) is 18.0 Å². The first kappa shape index (κ1) is 36.0. The van der Waals surface area contributed by atoms with Crippen molar-refractivity contribution in [3.8, 4) is 22.7 Å². The number of aryl methyl sites for hydroxylation is 1. The largest absolute Gasteiger partial charge is 0.496 e. The molecule has 0 spiro atoms. The number of nitrogens with two attached hydrogens (primary N) is 1. The van der Waals surface area contributed by atoms with Gasteiger partial charge in [0.25, 0.3) is 0 Å². The number of rotatable bonds is 13. The van der Waals surface area contributed by atoms with Gasteiger partial charge in [0.15, 0.2) is 0 Å². The van der Waals surface area contributed by atoms with Gasteiger partial charge in [0.1, 0.15) is 17.2 Å². The van der Waals surface area contributed by atoms with Crippen LogP contribution in [0.4, 0.5) is 17.6 Å². The van der Waals surface area contributed by atoms with E-state index in [0.29, 0.717) is 54.2 Å². The Morgan fingerprint density at radius 1 is 1.20 bits per heavy atom. The quantitative estimate of drug-likeness (QED) is 0.0660. The molecule has 1 aliphatic rings. The second kappa shape index (κ2) is 15.5. The van der Waals surface area contributed by atoms with Gasteiger partial charge in [0.2, 0.25) is 0 Å². The number of aromatic nitrogens is 3. The zero-order valence-corrected chi connectivity index (χ0v) is 27.8. The van der Waals surface area contributed by atoms with E-state index in [4.69, 9.17) is 20.6 Å². The molecule has 5 rings (SSSR count). The number of piperidine rings is 1. The van der Waals surface area contributed by atoms with Gasteiger partial charge in [-0.2, -0.15) is 18.2 Å². The summed E-state index contributed by atoms with van der Waals surface area (Å²) in [6.45, 7) is 2.75. The molecule has 4 aromatic rings. The van der Waals surface area contributed by atoms with Crippen LogP contribution in [0.25, 0.3) is 28.0 Å². The van der Waals surface area contributed by atoms with Crippen molar-refractivity contribution in [2.45, 2.75) is 76.2 Å². The highest BCUT2D eigenvalue weighted by molar-refractivity contribution is 5.83. The highest BCUT2D eigenvalue weighted by Crippen LogP contribution is 2.38. The van der Waals surface area contributed by atoms with Crippen LogP contribution in [0, 0.1) is 11.2 Å². The van der Waals surface area contributed by atoms with Crippen molar-refractivity contribution in [1.82, 2.24) is 25.2 Å². The van der Waals surface area contributed by atoms with Crippen LogP contribution in [0.2, 0.25) is 0 Å². The van der Waals surface area contributed by atoms with Gasteiger partial charge < -0.3 is 30.8 Å². The lowest BCUT2D eigenvalue weighted by Crippen LogP contribution is -2.39. The summed E-state index contributed by atoms with van der Waals surface area (Å²) in [4.78, 5) is 20.2. The molecule has 2 aromatic heterocycles. The Hall–Kier alpha value is -4.27. The van der Waals surface area contributed by atoms with Crippen molar-refractivity contribution >= 4 is 16.9 Å². The molecule has 0 unspecified atom stereocenters. The number of H-pyrrole nitrogens is 1. The third-order valence-electron chi connectivity index (χ3n) is 8.89. The maximum absolute atomic E-state index is 15.4. The Morgan fingerprint density at radius 2 is 2.00 bits per heavy atom. The molecule has 49 heavy (non-hydrogen) atoms. The molecule has 1 fully saturated rings. The number of methoxy groups -OCH3 is 2. The van der Waals surface area contributed by atoms with Crippen LogP contribution in [0.1, 0.15) is 68.2 Å². The molecule has 1 aliphatic heterocycles. The van der Waals surface area contributed by atoms with Crippen molar-refractivity contribution in [1.29, 1.82) is 5.41 Å². The van der Waals surface area contributed by atoms with E-state index in [1.54, 1.807) is 26.2 Å². The molecule has 0 radical (unpaired) electrons. The van der Waals surface area contributed by atoms with Crippen molar-refractivity contribution in [2.75, 3.05) is 27.4 Å². The number of nitrogens with one attached hydrogen (secondary N) is 4. The number of aromatic amines is 1. The Kier molecular flexibility index (Phi) is 11.4. The van der Waals surface area contributed by atoms with Gasteiger partial charge in [-0.1, -0.05) is 12.5 Å². The fourth-order valence-corrected chi connectivity index (χ4v) is 6.49. The second-order valence-electron chi connectivity index (χ2n) is 12.6. The third-order valence-corrected chi connectivity index (χ3v) is 8.89. The maximum atomic E-state index is 15.4. The lowest BCUT2D eigenvalue weighted by Gasteiger charge is -2.32. The topological polar surface area (TPSA) is 143 Å². The molecule has 6 N–H and O–H groups in total. The van der Waals surface area contributed by atoms with Crippen LogP contribution >= 0.6 is 0 Å². The molecule has 264 valence electrons. The standard InChI is InChI=1S/C35H43F4N7O3/c1-20(40)42-13-12-24-8-5-9-29(43-24)26-11-10-25(17-31(26)49-3)46-18-22-16-30(44-33(22)45-34(46)47)27-14-21(6-4-7-23(41)19-48-2)15-28(32(27)36)35(37,38)39/h10-11,14-18,23-24,29,43H,4-9,12-13,19,41H2,1-3H3,(H2,40,42)(H,44,45,47)/t23-,24+,29+/m1/s1. The van der Waals surface area contributed by atoms with E-state index < -0.39 is 23.2 Å². The SMILES string of the molecule is COC[C@H](N)CCCc1cc(-c2cc3cn(-c4ccc([C@@H]5CCC[C@@H](CCNC(C)=N)N5)c(OC)c4)c(=O)nc3[nH]2)c(F)c(C(F)(F)F)c1. The molecule has 1 saturated heterocycles. The first-order chi connectivity index (χ1) is 23.4. The van der Waals surface area contributed by atoms with Crippen LogP contribution in [0.5, 0.6) is 5.75 Å². The Labute approximate surface area is 281 Å². The van der Waals surface area contributed by atoms with Gasteiger partial charge in [-0.05, 0) is 75.3 Å². The summed E-state index contributed by atoms with van der Waals surface area (Å²) in [5, 5.41) is 14.7. The van der Waals surface area contributed by atoms with Crippen molar-refractivity contribution < 1.29 is 27.0 Å². The molecule has 10 nitrogen and oxygen atoms in total. The highest BCUT2D eigenvalue weighted by atomic mass is 19.4. The number of nitrogens with zero attached hydrogens (tertiary/aromatic N) is 2. The van der Waals surface area contributed by atoms with E-state index in [1.165, 1.54) is 30.0 Å². The smallest absolute Gasteiger partial charge is 0.419 e. The zero-order chi connectivity index (χ0) is 35.3. The van der Waals surface area contributed by atoms with Crippen LogP contribution < -0.4 is 26.8 Å². The van der Waals surface area contributed by atoms with Gasteiger partial charge >= 0.3 is 11.9 Å². The Bertz CT molecular complexity index is 1840. The molecular weight excluding hydrogens is 642 g/mol.